The van der Waals surface area contributed by atoms with Crippen molar-refractivity contribution in [2.75, 3.05) is 9.80 Å². The average Bonchev–Trinajstić information content (AvgIpc) is 3.81. The number of rotatable bonds is 8. The zero-order chi connectivity index (χ0) is 45.6. The summed E-state index contributed by atoms with van der Waals surface area (Å²) in [6.07, 6.45) is 0. The maximum absolute atomic E-state index is 15.1. The molecule has 0 amide bonds. The molecule has 0 aliphatic heterocycles. The van der Waals surface area contributed by atoms with Crippen LogP contribution in [0.25, 0.3) is 43.8 Å². The first-order valence-electron chi connectivity index (χ1n) is 23.4. The Labute approximate surface area is 391 Å². The number of benzene rings is 10. The van der Waals surface area contributed by atoms with E-state index in [2.05, 4.69) is 159 Å². The number of hydrogen-bond acceptors (Lipinski definition) is 2. The first kappa shape index (κ1) is 40.7. The summed E-state index contributed by atoms with van der Waals surface area (Å²) in [5, 5.41) is 4.78. The van der Waals surface area contributed by atoms with Crippen LogP contribution in [0.2, 0.25) is 0 Å². The highest BCUT2D eigenvalue weighted by Crippen LogP contribution is 2.66. The minimum Gasteiger partial charge on any atom is -0.310 e. The highest BCUT2D eigenvalue weighted by molar-refractivity contribution is 6.11. The van der Waals surface area contributed by atoms with Gasteiger partial charge in [0.25, 0.3) is 0 Å². The Bertz CT molecular complexity index is 3340. The molecule has 0 saturated heterocycles. The molecule has 0 atom stereocenters. The van der Waals surface area contributed by atoms with E-state index >= 15 is 8.78 Å². The molecule has 67 heavy (non-hydrogen) atoms. The number of halogens is 2. The van der Waals surface area contributed by atoms with E-state index in [0.717, 1.165) is 34.1 Å². The Hall–Kier alpha value is -7.82. The minimum atomic E-state index is -0.661. The van der Waals surface area contributed by atoms with Gasteiger partial charge in [0.2, 0.25) is 0 Å². The third-order valence-corrected chi connectivity index (χ3v) is 14.2. The highest BCUT2D eigenvalue weighted by Gasteiger charge is 2.53. The number of hydrogen-bond donors (Lipinski definition) is 0. The topological polar surface area (TPSA) is 6.48 Å². The van der Waals surface area contributed by atoms with Gasteiger partial charge in [-0.3, -0.25) is 0 Å². The maximum atomic E-state index is 15.1. The maximum Gasteiger partial charge on any atom is 0.125 e. The van der Waals surface area contributed by atoms with Crippen molar-refractivity contribution in [3.05, 3.63) is 251 Å². The molecule has 0 N–H and O–H groups in total. The van der Waals surface area contributed by atoms with E-state index in [0.29, 0.717) is 0 Å². The molecule has 0 heterocycles. The summed E-state index contributed by atoms with van der Waals surface area (Å²) in [7, 11) is 0. The lowest BCUT2D eigenvalue weighted by molar-refractivity contribution is 0.627. The zero-order valence-corrected chi connectivity index (χ0v) is 37.9. The predicted molar refractivity (Wildman–Crippen MR) is 275 cm³/mol. The van der Waals surface area contributed by atoms with E-state index < -0.39 is 5.41 Å². The third-order valence-electron chi connectivity index (χ3n) is 14.2. The van der Waals surface area contributed by atoms with Crippen LogP contribution in [0.1, 0.15) is 72.9 Å². The van der Waals surface area contributed by atoms with E-state index in [9.17, 15) is 0 Å². The van der Waals surface area contributed by atoms with Crippen LogP contribution in [-0.2, 0) is 5.41 Å². The van der Waals surface area contributed by atoms with Crippen LogP contribution in [0.3, 0.4) is 0 Å². The van der Waals surface area contributed by atoms with Crippen LogP contribution in [0.15, 0.2) is 206 Å². The molecule has 2 aliphatic rings. The molecule has 0 saturated carbocycles. The summed E-state index contributed by atoms with van der Waals surface area (Å²) in [5.74, 6) is -0.157. The van der Waals surface area contributed by atoms with Crippen LogP contribution >= 0.6 is 0 Å². The largest absolute Gasteiger partial charge is 0.310 e. The van der Waals surface area contributed by atoms with Crippen LogP contribution in [0, 0.1) is 11.6 Å². The Balaban J connectivity index is 1.19. The molecule has 324 valence electrons. The van der Waals surface area contributed by atoms with Crippen LogP contribution in [0.4, 0.5) is 42.9 Å². The van der Waals surface area contributed by atoms with Gasteiger partial charge in [0.1, 0.15) is 11.6 Å². The molecule has 0 radical (unpaired) electrons. The lowest BCUT2D eigenvalue weighted by atomic mass is 9.67. The molecular weight excluding hydrogens is 823 g/mol. The van der Waals surface area contributed by atoms with Gasteiger partial charge >= 0.3 is 0 Å². The number of fused-ring (bicyclic) bond motifs is 14. The molecule has 0 fully saturated rings. The Morgan fingerprint density at radius 2 is 0.701 bits per heavy atom. The summed E-state index contributed by atoms with van der Waals surface area (Å²) in [6.45, 7) is 9.17. The summed E-state index contributed by atoms with van der Waals surface area (Å²) in [6, 6.07) is 71.0. The normalized spacial score (nSPS) is 13.0. The van der Waals surface area contributed by atoms with E-state index in [1.165, 1.54) is 89.3 Å². The van der Waals surface area contributed by atoms with Crippen LogP contribution in [-0.4, -0.2) is 0 Å². The van der Waals surface area contributed by atoms with Gasteiger partial charge < -0.3 is 9.80 Å². The number of anilines is 6. The smallest absolute Gasteiger partial charge is 0.125 e. The monoisotopic (exact) mass is 870 g/mol. The Kier molecular flexibility index (Phi) is 9.51. The van der Waals surface area contributed by atoms with Crippen LogP contribution < -0.4 is 9.80 Å². The van der Waals surface area contributed by atoms with Crippen molar-refractivity contribution in [1.29, 1.82) is 0 Å². The van der Waals surface area contributed by atoms with Gasteiger partial charge in [0.15, 0.2) is 0 Å². The summed E-state index contributed by atoms with van der Waals surface area (Å²) in [4.78, 5) is 4.32. The summed E-state index contributed by atoms with van der Waals surface area (Å²) >= 11 is 0. The fourth-order valence-corrected chi connectivity index (χ4v) is 11.5. The lowest BCUT2D eigenvalue weighted by Gasteiger charge is -2.34. The van der Waals surface area contributed by atoms with Crippen molar-refractivity contribution in [3.8, 4) is 22.3 Å². The number of para-hydroxylation sites is 2. The Morgan fingerprint density at radius 3 is 1.10 bits per heavy atom. The SMILES string of the molecule is CC(C)c1cc2c(c3ccc(N(c4ccccc4)c4cccc(F)c4)cc13)C1(c3ccccc3-c3ccccc31)c1c-2cc(C(C)C)c2cc(N(c3ccccc3)c3cccc(F)c3)ccc12. The van der Waals surface area contributed by atoms with Gasteiger partial charge in [-0.15, -0.1) is 0 Å². The van der Waals surface area contributed by atoms with Gasteiger partial charge in [-0.05, 0) is 186 Å². The van der Waals surface area contributed by atoms with E-state index in [1.807, 2.05) is 48.5 Å². The fourth-order valence-electron chi connectivity index (χ4n) is 11.5. The van der Waals surface area contributed by atoms with Crippen molar-refractivity contribution in [2.45, 2.75) is 44.9 Å². The molecule has 2 aliphatic carbocycles. The van der Waals surface area contributed by atoms with Crippen molar-refractivity contribution in [3.63, 3.8) is 0 Å². The molecule has 10 aromatic carbocycles. The second kappa shape index (κ2) is 15.7. The van der Waals surface area contributed by atoms with Gasteiger partial charge in [0.05, 0.1) is 5.41 Å². The van der Waals surface area contributed by atoms with E-state index in [1.54, 1.807) is 24.3 Å². The van der Waals surface area contributed by atoms with E-state index in [4.69, 9.17) is 0 Å². The standard InChI is InChI=1S/C63H48F2N2/c1-39(2)53-37-57-58-38-54(40(3)4)56-36-48(67(44-21-9-6-10-22-44)46-24-16-18-42(65)34-46)30-32-52(56)62(58)63(59-27-13-11-25-49(59)50-26-12-14-28-60(50)63)61(57)51-31-29-47(35-55(51)53)66(43-19-7-5-8-20-43)45-23-15-17-41(64)33-45/h5-40H,1-4H3. The Morgan fingerprint density at radius 1 is 0.328 bits per heavy atom. The molecule has 0 bridgehead atoms. The summed E-state index contributed by atoms with van der Waals surface area (Å²) in [5.41, 5.74) is 17.4. The molecule has 0 aromatic heterocycles. The summed E-state index contributed by atoms with van der Waals surface area (Å²) < 4.78 is 30.1. The highest BCUT2D eigenvalue weighted by atomic mass is 19.1. The third kappa shape index (κ3) is 6.19. The first-order chi connectivity index (χ1) is 32.7. The average molecular weight is 871 g/mol. The lowest BCUT2D eigenvalue weighted by Crippen LogP contribution is -2.27. The molecule has 4 heteroatoms. The molecule has 12 rings (SSSR count). The number of nitrogens with zero attached hydrogens (tertiary/aromatic N) is 2. The zero-order valence-electron chi connectivity index (χ0n) is 37.9. The van der Waals surface area contributed by atoms with Gasteiger partial charge in [-0.1, -0.05) is 137 Å². The fraction of sp³-hybridized carbons (Fsp3) is 0.111. The quantitative estimate of drug-likeness (QED) is 0.150. The minimum absolute atomic E-state index is 0.199. The molecule has 10 aromatic rings. The van der Waals surface area contributed by atoms with Gasteiger partial charge in [-0.25, -0.2) is 8.78 Å². The first-order valence-corrected chi connectivity index (χ1v) is 23.4. The van der Waals surface area contributed by atoms with Gasteiger partial charge in [0, 0.05) is 34.1 Å². The molecular formula is C63H48F2N2. The van der Waals surface area contributed by atoms with E-state index in [-0.39, 0.29) is 23.5 Å². The van der Waals surface area contributed by atoms with Crippen molar-refractivity contribution in [1.82, 2.24) is 0 Å². The van der Waals surface area contributed by atoms with Crippen molar-refractivity contribution in [2.24, 2.45) is 0 Å². The van der Waals surface area contributed by atoms with Crippen molar-refractivity contribution >= 4 is 55.7 Å². The van der Waals surface area contributed by atoms with Crippen molar-refractivity contribution < 1.29 is 8.78 Å². The molecule has 0 unspecified atom stereocenters. The second-order valence-electron chi connectivity index (χ2n) is 18.7. The van der Waals surface area contributed by atoms with Crippen LogP contribution in [0.5, 0.6) is 0 Å². The van der Waals surface area contributed by atoms with Gasteiger partial charge in [-0.2, -0.15) is 0 Å². The molecule has 1 spiro atoms. The predicted octanol–water partition coefficient (Wildman–Crippen LogP) is 17.8. The molecule has 2 nitrogen and oxygen atoms in total. The second-order valence-corrected chi connectivity index (χ2v) is 18.7.